The zero-order chi connectivity index (χ0) is 17.5. The predicted octanol–water partition coefficient (Wildman–Crippen LogP) is 2.54. The monoisotopic (exact) mass is 346 g/mol. The zero-order valence-corrected chi connectivity index (χ0v) is 14.1. The van der Waals surface area contributed by atoms with Crippen molar-refractivity contribution in [3.05, 3.63) is 59.8 Å². The molecule has 1 aliphatic rings. The van der Waals surface area contributed by atoms with Crippen LogP contribution in [0.5, 0.6) is 0 Å². The Labute approximate surface area is 146 Å². The Kier molecular flexibility index (Phi) is 6.19. The largest absolute Gasteiger partial charge is 0.468 e. The zero-order valence-electron chi connectivity index (χ0n) is 14.1. The van der Waals surface area contributed by atoms with Gasteiger partial charge in [0.1, 0.15) is 11.6 Å². The molecule has 5 nitrogen and oxygen atoms in total. The van der Waals surface area contributed by atoms with E-state index in [0.29, 0.717) is 32.6 Å². The number of carbonyl (C=O) groups excluding carboxylic acids is 1. The minimum Gasteiger partial charge on any atom is -0.468 e. The smallest absolute Gasteiger partial charge is 0.220 e. The number of benzene rings is 1. The van der Waals surface area contributed by atoms with Crippen LogP contribution in [-0.4, -0.2) is 43.7 Å². The summed E-state index contributed by atoms with van der Waals surface area (Å²) in [6.45, 7) is 3.51. The first-order valence-electron chi connectivity index (χ1n) is 8.59. The van der Waals surface area contributed by atoms with Gasteiger partial charge in [-0.15, -0.1) is 0 Å². The van der Waals surface area contributed by atoms with Crippen LogP contribution in [0.1, 0.15) is 23.8 Å². The van der Waals surface area contributed by atoms with Gasteiger partial charge in [0.05, 0.1) is 25.5 Å². The molecule has 1 aliphatic heterocycles. The molecule has 134 valence electrons. The molecule has 6 heteroatoms. The third-order valence-corrected chi connectivity index (χ3v) is 4.40. The summed E-state index contributed by atoms with van der Waals surface area (Å²) < 4.78 is 23.9. The number of nitrogens with zero attached hydrogens (tertiary/aromatic N) is 1. The van der Waals surface area contributed by atoms with E-state index >= 15 is 0 Å². The molecule has 1 N–H and O–H groups in total. The van der Waals surface area contributed by atoms with E-state index in [-0.39, 0.29) is 17.8 Å². The number of amides is 1. The van der Waals surface area contributed by atoms with Crippen molar-refractivity contribution < 1.29 is 18.3 Å². The lowest BCUT2D eigenvalue weighted by Crippen LogP contribution is -2.43. The Morgan fingerprint density at radius 2 is 1.96 bits per heavy atom. The van der Waals surface area contributed by atoms with Crippen molar-refractivity contribution in [3.63, 3.8) is 0 Å². The molecular weight excluding hydrogens is 323 g/mol. The minimum absolute atomic E-state index is 0.00803. The molecule has 1 amide bonds. The van der Waals surface area contributed by atoms with Crippen molar-refractivity contribution in [2.24, 2.45) is 0 Å². The molecule has 1 aromatic carbocycles. The van der Waals surface area contributed by atoms with Gasteiger partial charge in [-0.05, 0) is 36.2 Å². The summed E-state index contributed by atoms with van der Waals surface area (Å²) in [5, 5.41) is 2.99. The fourth-order valence-corrected chi connectivity index (χ4v) is 2.99. The van der Waals surface area contributed by atoms with Gasteiger partial charge >= 0.3 is 0 Å². The van der Waals surface area contributed by atoms with Crippen LogP contribution in [0.3, 0.4) is 0 Å². The van der Waals surface area contributed by atoms with Crippen molar-refractivity contribution in [3.8, 4) is 0 Å². The maximum atomic E-state index is 12.9. The Bertz CT molecular complexity index is 652. The molecule has 1 aromatic heterocycles. The minimum atomic E-state index is -0.264. The number of ether oxygens (including phenoxy) is 1. The van der Waals surface area contributed by atoms with Gasteiger partial charge in [0.2, 0.25) is 5.91 Å². The summed E-state index contributed by atoms with van der Waals surface area (Å²) in [5.41, 5.74) is 0.951. The third kappa shape index (κ3) is 5.14. The fourth-order valence-electron chi connectivity index (χ4n) is 2.99. The van der Waals surface area contributed by atoms with Gasteiger partial charge < -0.3 is 14.5 Å². The van der Waals surface area contributed by atoms with Gasteiger partial charge in [0, 0.05) is 26.1 Å². The van der Waals surface area contributed by atoms with E-state index in [1.54, 1.807) is 18.4 Å². The summed E-state index contributed by atoms with van der Waals surface area (Å²) >= 11 is 0. The summed E-state index contributed by atoms with van der Waals surface area (Å²) in [6, 6.07) is 10.1. The topological polar surface area (TPSA) is 54.7 Å². The summed E-state index contributed by atoms with van der Waals surface area (Å²) in [6.07, 6.45) is 2.62. The van der Waals surface area contributed by atoms with Crippen molar-refractivity contribution >= 4 is 5.91 Å². The maximum absolute atomic E-state index is 12.9. The first kappa shape index (κ1) is 17.6. The quantitative estimate of drug-likeness (QED) is 0.837. The molecule has 0 bridgehead atoms. The van der Waals surface area contributed by atoms with E-state index in [4.69, 9.17) is 9.15 Å². The Morgan fingerprint density at radius 1 is 1.20 bits per heavy atom. The van der Waals surface area contributed by atoms with Gasteiger partial charge in [0.25, 0.3) is 0 Å². The second-order valence-corrected chi connectivity index (χ2v) is 6.11. The number of halogens is 1. The van der Waals surface area contributed by atoms with Gasteiger partial charge in [-0.25, -0.2) is 4.39 Å². The number of nitrogens with one attached hydrogen (secondary N) is 1. The molecule has 3 rings (SSSR count). The molecule has 2 aromatic rings. The molecule has 25 heavy (non-hydrogen) atoms. The number of morpholine rings is 1. The number of aryl methyl sites for hydroxylation is 1. The first-order valence-corrected chi connectivity index (χ1v) is 8.59. The lowest BCUT2D eigenvalue weighted by atomic mass is 10.1. The Hall–Kier alpha value is -2.18. The molecule has 0 spiro atoms. The predicted molar refractivity (Wildman–Crippen MR) is 91.6 cm³/mol. The van der Waals surface area contributed by atoms with Crippen LogP contribution in [0, 0.1) is 5.82 Å². The summed E-state index contributed by atoms with van der Waals surface area (Å²) in [4.78, 5) is 14.4. The van der Waals surface area contributed by atoms with E-state index in [9.17, 15) is 9.18 Å². The molecule has 1 saturated heterocycles. The second kappa shape index (κ2) is 8.78. The standard InChI is InChI=1S/C19H23FN2O3/c20-16-6-3-15(4-7-16)5-8-19(23)21-14-17(18-2-1-11-25-18)22-9-12-24-13-10-22/h1-4,6-7,11,17H,5,8-10,12-14H2,(H,21,23). The van der Waals surface area contributed by atoms with E-state index in [0.717, 1.165) is 24.4 Å². The number of rotatable bonds is 7. The van der Waals surface area contributed by atoms with Crippen molar-refractivity contribution in [1.29, 1.82) is 0 Å². The van der Waals surface area contributed by atoms with E-state index < -0.39 is 0 Å². The first-order chi connectivity index (χ1) is 12.2. The summed E-state index contributed by atoms with van der Waals surface area (Å²) in [5.74, 6) is 0.565. The maximum Gasteiger partial charge on any atom is 0.220 e. The molecule has 0 aliphatic carbocycles. The number of carbonyl (C=O) groups is 1. The lowest BCUT2D eigenvalue weighted by molar-refractivity contribution is -0.121. The second-order valence-electron chi connectivity index (χ2n) is 6.11. The van der Waals surface area contributed by atoms with Crippen LogP contribution in [0.15, 0.2) is 47.1 Å². The van der Waals surface area contributed by atoms with Gasteiger partial charge in [-0.2, -0.15) is 0 Å². The van der Waals surface area contributed by atoms with E-state index in [1.165, 1.54) is 12.1 Å². The molecule has 1 atom stereocenters. The highest BCUT2D eigenvalue weighted by molar-refractivity contribution is 5.76. The molecule has 1 unspecified atom stereocenters. The van der Waals surface area contributed by atoms with Gasteiger partial charge in [0.15, 0.2) is 0 Å². The molecule has 0 saturated carbocycles. The van der Waals surface area contributed by atoms with Gasteiger partial charge in [-0.3, -0.25) is 9.69 Å². The van der Waals surface area contributed by atoms with E-state index in [1.807, 2.05) is 12.1 Å². The van der Waals surface area contributed by atoms with Gasteiger partial charge in [-0.1, -0.05) is 12.1 Å². The average molecular weight is 346 g/mol. The number of hydrogen-bond donors (Lipinski definition) is 1. The van der Waals surface area contributed by atoms with Crippen molar-refractivity contribution in [2.45, 2.75) is 18.9 Å². The van der Waals surface area contributed by atoms with Crippen LogP contribution in [0.25, 0.3) is 0 Å². The van der Waals surface area contributed by atoms with Crippen LogP contribution in [-0.2, 0) is 16.0 Å². The highest BCUT2D eigenvalue weighted by Gasteiger charge is 2.25. The van der Waals surface area contributed by atoms with Crippen LogP contribution < -0.4 is 5.32 Å². The summed E-state index contributed by atoms with van der Waals surface area (Å²) in [7, 11) is 0. The highest BCUT2D eigenvalue weighted by atomic mass is 19.1. The van der Waals surface area contributed by atoms with Crippen LogP contribution in [0.2, 0.25) is 0 Å². The number of hydrogen-bond acceptors (Lipinski definition) is 4. The van der Waals surface area contributed by atoms with Crippen molar-refractivity contribution in [1.82, 2.24) is 10.2 Å². The third-order valence-electron chi connectivity index (χ3n) is 4.40. The average Bonchev–Trinajstić information content (AvgIpc) is 3.17. The van der Waals surface area contributed by atoms with Crippen LogP contribution in [0.4, 0.5) is 4.39 Å². The molecular formula is C19H23FN2O3. The number of furan rings is 1. The SMILES string of the molecule is O=C(CCc1ccc(F)cc1)NCC(c1ccco1)N1CCOCC1. The van der Waals surface area contributed by atoms with Crippen molar-refractivity contribution in [2.75, 3.05) is 32.8 Å². The molecule has 0 radical (unpaired) electrons. The molecule has 1 fully saturated rings. The normalized spacial score (nSPS) is 16.5. The lowest BCUT2D eigenvalue weighted by Gasteiger charge is -2.33. The fraction of sp³-hybridized carbons (Fsp3) is 0.421. The van der Waals surface area contributed by atoms with Crippen LogP contribution >= 0.6 is 0 Å². The Balaban J connectivity index is 1.51. The Morgan fingerprint density at radius 3 is 2.64 bits per heavy atom. The highest BCUT2D eigenvalue weighted by Crippen LogP contribution is 2.21. The molecule has 2 heterocycles. The van der Waals surface area contributed by atoms with E-state index in [2.05, 4.69) is 10.2 Å².